The van der Waals surface area contributed by atoms with E-state index < -0.39 is 6.10 Å². The number of hydrogen-bond donors (Lipinski definition) is 1. The van der Waals surface area contributed by atoms with Crippen molar-refractivity contribution in [2.75, 3.05) is 0 Å². The zero-order valence-corrected chi connectivity index (χ0v) is 12.0. The molecule has 0 amide bonds. The third-order valence-corrected chi connectivity index (χ3v) is 3.77. The van der Waals surface area contributed by atoms with Gasteiger partial charge in [-0.3, -0.25) is 0 Å². The van der Waals surface area contributed by atoms with Crippen LogP contribution >= 0.6 is 22.6 Å². The summed E-state index contributed by atoms with van der Waals surface area (Å²) >= 11 is 2.04. The van der Waals surface area contributed by atoms with Gasteiger partial charge in [0, 0.05) is 13.1 Å². The van der Waals surface area contributed by atoms with Gasteiger partial charge in [-0.25, -0.2) is 0 Å². The van der Waals surface area contributed by atoms with Crippen LogP contribution in [0.5, 0.6) is 0 Å². The van der Waals surface area contributed by atoms with Crippen molar-refractivity contribution in [1.29, 1.82) is 0 Å². The molecule has 2 aromatic rings. The fourth-order valence-corrected chi connectivity index (χ4v) is 2.59. The lowest BCUT2D eigenvalue weighted by atomic mass is 10.1. The Morgan fingerprint density at radius 3 is 2.94 bits per heavy atom. The molecule has 1 atom stereocenters. The molecule has 0 spiro atoms. The Balaban J connectivity index is 1.80. The summed E-state index contributed by atoms with van der Waals surface area (Å²) in [6.07, 6.45) is 2.58. The summed E-state index contributed by atoms with van der Waals surface area (Å²) in [5.74, 6) is 1.18. The standard InChI is InChI=1S/C11H13IN4O2/c1-16-13-9(11(12)14-16)10(17)8-5-7(15-18-8)4-6-2-3-6/h5-6,10,17H,2-4H2,1H3. The highest BCUT2D eigenvalue weighted by molar-refractivity contribution is 14.1. The summed E-state index contributed by atoms with van der Waals surface area (Å²) in [6, 6.07) is 1.81. The lowest BCUT2D eigenvalue weighted by Crippen LogP contribution is -2.02. The second-order valence-electron chi connectivity index (χ2n) is 4.64. The Kier molecular flexibility index (Phi) is 3.10. The molecule has 96 valence electrons. The highest BCUT2D eigenvalue weighted by atomic mass is 127. The van der Waals surface area contributed by atoms with Crippen molar-refractivity contribution >= 4 is 22.6 Å². The van der Waals surface area contributed by atoms with E-state index in [9.17, 15) is 5.11 Å². The number of aliphatic hydroxyl groups excluding tert-OH is 1. The molecule has 1 aliphatic carbocycles. The number of halogens is 1. The van der Waals surface area contributed by atoms with E-state index in [1.165, 1.54) is 17.6 Å². The van der Waals surface area contributed by atoms with Crippen molar-refractivity contribution in [2.45, 2.75) is 25.4 Å². The zero-order valence-electron chi connectivity index (χ0n) is 9.88. The minimum Gasteiger partial charge on any atom is -0.378 e. The molecule has 2 heterocycles. The van der Waals surface area contributed by atoms with Crippen molar-refractivity contribution in [3.05, 3.63) is 26.9 Å². The van der Waals surface area contributed by atoms with Crippen molar-refractivity contribution in [1.82, 2.24) is 20.2 Å². The fourth-order valence-electron chi connectivity index (χ4n) is 1.87. The molecule has 1 saturated carbocycles. The van der Waals surface area contributed by atoms with E-state index in [4.69, 9.17) is 4.52 Å². The first-order chi connectivity index (χ1) is 8.63. The van der Waals surface area contributed by atoms with Gasteiger partial charge in [-0.15, -0.1) is 5.10 Å². The van der Waals surface area contributed by atoms with E-state index in [1.807, 2.05) is 28.7 Å². The van der Waals surface area contributed by atoms with Gasteiger partial charge in [0.25, 0.3) is 0 Å². The maximum Gasteiger partial charge on any atom is 0.171 e. The Hall–Kier alpha value is -0.960. The largest absolute Gasteiger partial charge is 0.378 e. The molecule has 1 fully saturated rings. The second-order valence-corrected chi connectivity index (χ2v) is 5.66. The minimum absolute atomic E-state index is 0.434. The quantitative estimate of drug-likeness (QED) is 0.835. The van der Waals surface area contributed by atoms with Crippen LogP contribution in [0.3, 0.4) is 0 Å². The number of aromatic nitrogens is 4. The van der Waals surface area contributed by atoms with Crippen LogP contribution in [0.25, 0.3) is 0 Å². The zero-order chi connectivity index (χ0) is 12.7. The van der Waals surface area contributed by atoms with E-state index in [0.29, 0.717) is 15.2 Å². The third-order valence-electron chi connectivity index (χ3n) is 3.00. The average Bonchev–Trinajstić information content (AvgIpc) is 2.89. The summed E-state index contributed by atoms with van der Waals surface area (Å²) < 4.78 is 5.86. The first kappa shape index (κ1) is 12.1. The molecule has 1 aliphatic rings. The molecule has 0 aliphatic heterocycles. The number of nitrogens with zero attached hydrogens (tertiary/aromatic N) is 4. The SMILES string of the molecule is Cn1nc(I)c(C(O)c2cc(CC3CC3)no2)n1. The molecule has 1 unspecified atom stereocenters. The van der Waals surface area contributed by atoms with Gasteiger partial charge < -0.3 is 9.63 Å². The Morgan fingerprint density at radius 2 is 2.33 bits per heavy atom. The normalized spacial score (nSPS) is 17.1. The molecule has 6 nitrogen and oxygen atoms in total. The molecule has 18 heavy (non-hydrogen) atoms. The second kappa shape index (κ2) is 4.61. The van der Waals surface area contributed by atoms with E-state index >= 15 is 0 Å². The summed E-state index contributed by atoms with van der Waals surface area (Å²) in [6.45, 7) is 0. The molecule has 0 saturated heterocycles. The van der Waals surface area contributed by atoms with Gasteiger partial charge in [0.2, 0.25) is 0 Å². The summed E-state index contributed by atoms with van der Waals surface area (Å²) in [7, 11) is 1.72. The van der Waals surface area contributed by atoms with Crippen LogP contribution in [-0.2, 0) is 13.5 Å². The van der Waals surface area contributed by atoms with Crippen molar-refractivity contribution in [2.24, 2.45) is 13.0 Å². The summed E-state index contributed by atoms with van der Waals surface area (Å²) in [5.41, 5.74) is 1.41. The van der Waals surface area contributed by atoms with Crippen molar-refractivity contribution < 1.29 is 9.63 Å². The summed E-state index contributed by atoms with van der Waals surface area (Å²) in [5, 5.41) is 22.4. The third kappa shape index (κ3) is 2.41. The van der Waals surface area contributed by atoms with E-state index in [0.717, 1.165) is 18.0 Å². The van der Waals surface area contributed by atoms with Gasteiger partial charge in [0.05, 0.1) is 5.69 Å². The van der Waals surface area contributed by atoms with Crippen LogP contribution in [-0.4, -0.2) is 25.3 Å². The van der Waals surface area contributed by atoms with Gasteiger partial charge in [-0.2, -0.15) is 9.90 Å². The highest BCUT2D eigenvalue weighted by Gasteiger charge is 2.26. The maximum absolute atomic E-state index is 10.2. The molecule has 2 aromatic heterocycles. The van der Waals surface area contributed by atoms with Crippen LogP contribution in [0.1, 0.15) is 36.1 Å². The summed E-state index contributed by atoms with van der Waals surface area (Å²) in [4.78, 5) is 1.43. The Morgan fingerprint density at radius 1 is 1.56 bits per heavy atom. The predicted molar refractivity (Wildman–Crippen MR) is 70.7 cm³/mol. The fraction of sp³-hybridized carbons (Fsp3) is 0.545. The number of aryl methyl sites for hydroxylation is 1. The molecule has 1 N–H and O–H groups in total. The monoisotopic (exact) mass is 360 g/mol. The molecule has 0 radical (unpaired) electrons. The van der Waals surface area contributed by atoms with Crippen LogP contribution in [0, 0.1) is 9.62 Å². The van der Waals surface area contributed by atoms with Gasteiger partial charge in [-0.1, -0.05) is 5.16 Å². The van der Waals surface area contributed by atoms with Crippen LogP contribution in [0.2, 0.25) is 0 Å². The van der Waals surface area contributed by atoms with Gasteiger partial charge in [0.15, 0.2) is 11.9 Å². The number of aliphatic hydroxyl groups is 1. The van der Waals surface area contributed by atoms with E-state index in [1.54, 1.807) is 7.05 Å². The molecular weight excluding hydrogens is 347 g/mol. The molecule has 3 rings (SSSR count). The first-order valence-corrected chi connectivity index (χ1v) is 6.91. The van der Waals surface area contributed by atoms with Gasteiger partial charge in [-0.05, 0) is 47.8 Å². The Bertz CT molecular complexity index is 561. The topological polar surface area (TPSA) is 77.0 Å². The average molecular weight is 360 g/mol. The minimum atomic E-state index is -0.897. The molecule has 7 heteroatoms. The first-order valence-electron chi connectivity index (χ1n) is 5.83. The van der Waals surface area contributed by atoms with Gasteiger partial charge in [0.1, 0.15) is 9.39 Å². The van der Waals surface area contributed by atoms with Crippen LogP contribution in [0.4, 0.5) is 0 Å². The smallest absolute Gasteiger partial charge is 0.171 e. The molecule has 0 bridgehead atoms. The molecular formula is C11H13IN4O2. The lowest BCUT2D eigenvalue weighted by molar-refractivity contribution is 0.170. The predicted octanol–water partition coefficient (Wildman–Crippen LogP) is 1.44. The lowest BCUT2D eigenvalue weighted by Gasteiger charge is -2.01. The molecule has 0 aromatic carbocycles. The number of rotatable bonds is 4. The van der Waals surface area contributed by atoms with Crippen LogP contribution in [0.15, 0.2) is 10.6 Å². The highest BCUT2D eigenvalue weighted by Crippen LogP contribution is 2.33. The van der Waals surface area contributed by atoms with Crippen molar-refractivity contribution in [3.63, 3.8) is 0 Å². The maximum atomic E-state index is 10.2. The van der Waals surface area contributed by atoms with Crippen molar-refractivity contribution in [3.8, 4) is 0 Å². The van der Waals surface area contributed by atoms with E-state index in [2.05, 4.69) is 15.4 Å². The Labute approximate surface area is 117 Å². The van der Waals surface area contributed by atoms with Gasteiger partial charge >= 0.3 is 0 Å². The number of hydrogen-bond acceptors (Lipinski definition) is 5. The van der Waals surface area contributed by atoms with Crippen LogP contribution < -0.4 is 0 Å². The van der Waals surface area contributed by atoms with E-state index in [-0.39, 0.29) is 0 Å².